The molecule has 0 saturated heterocycles. The van der Waals surface area contributed by atoms with Crippen LogP contribution in [0.15, 0.2) is 0 Å². The van der Waals surface area contributed by atoms with Gasteiger partial charge in [-0.15, -0.1) is 0 Å². The molecule has 0 aromatic rings. The minimum Gasteiger partial charge on any atom is -1.00 e. The monoisotopic (exact) mass is 458 g/mol. The second kappa shape index (κ2) is 30.4. The van der Waals surface area contributed by atoms with Crippen LogP contribution in [-0.2, 0) is 68.3 Å². The summed E-state index contributed by atoms with van der Waals surface area (Å²) in [7, 11) is -3.37. The topological polar surface area (TPSA) is 69.2 Å². The molecule has 0 heterocycles. The summed E-state index contributed by atoms with van der Waals surface area (Å²) in [6, 6.07) is 0. The van der Waals surface area contributed by atoms with E-state index in [-0.39, 0.29) is 92.3 Å². The summed E-state index contributed by atoms with van der Waals surface area (Å²) in [5.74, 6) is 0. The molecule has 9 heteroatoms. The minimum absolute atomic E-state index is 0. The van der Waals surface area contributed by atoms with Gasteiger partial charge in [0.05, 0.1) is 0 Å². The van der Waals surface area contributed by atoms with Gasteiger partial charge in [0, 0.05) is 0 Å². The molecule has 0 saturated carbocycles. The van der Waals surface area contributed by atoms with Crippen molar-refractivity contribution in [1.82, 2.24) is 0 Å². The Balaban J connectivity index is -0.00000000450. The van der Waals surface area contributed by atoms with Crippen molar-refractivity contribution in [2.75, 3.05) is 0 Å². The van der Waals surface area contributed by atoms with Gasteiger partial charge in [0.2, 0.25) is 0 Å². The first-order chi connectivity index (χ1) is 1.73. The maximum Gasteiger partial charge on any atom is 1.00 e. The van der Waals surface area contributed by atoms with E-state index < -0.39 is 8.60 Å². The number of rotatable bonds is 0. The van der Waals surface area contributed by atoms with E-state index in [2.05, 4.69) is 0 Å². The van der Waals surface area contributed by atoms with Crippen molar-refractivity contribution >= 4 is 8.60 Å². The molecule has 0 aliphatic heterocycles. The van der Waals surface area contributed by atoms with Gasteiger partial charge >= 0.3 is 68.3 Å². The van der Waals surface area contributed by atoms with Gasteiger partial charge in [-0.25, -0.2) is 0 Å². The Morgan fingerprint density at radius 2 is 0.667 bits per heavy atom. The third-order valence-corrected chi connectivity index (χ3v) is 0. The second-order valence-corrected chi connectivity index (χ2v) is 0.671. The predicted molar refractivity (Wildman–Crippen MR) is 6.92 cm³/mol. The fraction of sp³-hybridized carbons (Fsp3) is 0. The smallest absolute Gasteiger partial charge is 1.00 e. The molecule has 0 amide bonds. The molecule has 3 nitrogen and oxygen atoms in total. The van der Waals surface area contributed by atoms with E-state index in [1.807, 2.05) is 0 Å². The van der Waals surface area contributed by atoms with Gasteiger partial charge in [-0.05, 0) is 0 Å². The fourth-order valence-corrected chi connectivity index (χ4v) is 0. The molecule has 0 aromatic heterocycles. The van der Waals surface area contributed by atoms with Crippen LogP contribution in [0.25, 0.3) is 0 Å². The van der Waals surface area contributed by atoms with Gasteiger partial charge in [0.15, 0.2) is 0 Å². The van der Waals surface area contributed by atoms with Crippen molar-refractivity contribution in [3.8, 4) is 0 Å². The first kappa shape index (κ1) is 40.0. The zero-order valence-corrected chi connectivity index (χ0v) is 10.1. The molecule has 74 valence electrons. The van der Waals surface area contributed by atoms with Crippen molar-refractivity contribution in [2.45, 2.75) is 0 Å². The Morgan fingerprint density at radius 1 is 0.667 bits per heavy atom. The van der Waals surface area contributed by atoms with Crippen molar-refractivity contribution in [2.24, 2.45) is 0 Å². The average Bonchev–Trinajstić information content (AvgIpc) is 0.811. The van der Waals surface area contributed by atoms with E-state index in [4.69, 9.17) is 14.7 Å². The van der Waals surface area contributed by atoms with Crippen molar-refractivity contribution < 1.29 is 107 Å². The largest absolute Gasteiger partial charge is 1.00 e. The van der Waals surface area contributed by atoms with Crippen LogP contribution in [0.4, 0.5) is 0 Å². The standard InChI is InChI=1S/4Cu.HI.O3P/c;;;;;1-4(2)3/h;;;;1H;/q4*+1;;-3/p-1. The second-order valence-electron chi connectivity index (χ2n) is 0.224. The molecule has 0 fully saturated rings. The molecule has 9 heavy (non-hydrogen) atoms. The first-order valence-corrected chi connectivity index (χ1v) is 1.64. The van der Waals surface area contributed by atoms with Crippen LogP contribution in [0.2, 0.25) is 0 Å². The molecule has 0 unspecified atom stereocenters. The molecule has 0 N–H and O–H groups in total. The normalized spacial score (nSPS) is 4.00. The van der Waals surface area contributed by atoms with Crippen LogP contribution in [0.5, 0.6) is 0 Å². The molecule has 0 radical (unpaired) electrons. The SMILES string of the molecule is [Cu+].[Cu+].[Cu+].[Cu+].[I-].[O-]P([O-])[O-]. The van der Waals surface area contributed by atoms with Gasteiger partial charge in [-0.3, -0.25) is 0 Å². The van der Waals surface area contributed by atoms with E-state index in [1.54, 1.807) is 0 Å². The maximum atomic E-state index is 8.48. The average molecular weight is 460 g/mol. The van der Waals surface area contributed by atoms with Crippen LogP contribution >= 0.6 is 8.60 Å². The molecule has 0 aliphatic rings. The Hall–Kier alpha value is 3.12. The van der Waals surface area contributed by atoms with Crippen molar-refractivity contribution in [3.05, 3.63) is 0 Å². The van der Waals surface area contributed by atoms with Gasteiger partial charge in [0.1, 0.15) is 0 Å². The van der Waals surface area contributed by atoms with Crippen LogP contribution < -0.4 is 38.7 Å². The summed E-state index contributed by atoms with van der Waals surface area (Å²) in [6.45, 7) is 0. The summed E-state index contributed by atoms with van der Waals surface area (Å²) in [4.78, 5) is 25.4. The van der Waals surface area contributed by atoms with Crippen molar-refractivity contribution in [1.29, 1.82) is 0 Å². The van der Waals surface area contributed by atoms with E-state index in [0.717, 1.165) is 0 Å². The van der Waals surface area contributed by atoms with Crippen LogP contribution in [0.1, 0.15) is 0 Å². The van der Waals surface area contributed by atoms with Gasteiger partial charge in [0.25, 0.3) is 0 Å². The first-order valence-electron chi connectivity index (χ1n) is 0.548. The summed E-state index contributed by atoms with van der Waals surface area (Å²) < 4.78 is 0. The van der Waals surface area contributed by atoms with E-state index >= 15 is 0 Å². The Bertz CT molecular complexity index is 20.5. The van der Waals surface area contributed by atoms with Gasteiger partial charge < -0.3 is 47.3 Å². The number of hydrogen-bond donors (Lipinski definition) is 0. The molecule has 0 spiro atoms. The van der Waals surface area contributed by atoms with Crippen LogP contribution in [0.3, 0.4) is 0 Å². The quantitative estimate of drug-likeness (QED) is 0.206. The molecule has 0 aromatic carbocycles. The Kier molecular flexibility index (Phi) is 135. The molecule has 0 aliphatic carbocycles. The van der Waals surface area contributed by atoms with Crippen LogP contribution in [0, 0.1) is 0 Å². The summed E-state index contributed by atoms with van der Waals surface area (Å²) >= 11 is 0. The van der Waals surface area contributed by atoms with Gasteiger partial charge in [-0.1, -0.05) is 0 Å². The number of halogens is 1. The Morgan fingerprint density at radius 3 is 0.667 bits per heavy atom. The van der Waals surface area contributed by atoms with Crippen molar-refractivity contribution in [3.63, 3.8) is 0 Å². The van der Waals surface area contributed by atoms with Crippen LogP contribution in [-0.4, -0.2) is 0 Å². The summed E-state index contributed by atoms with van der Waals surface area (Å²) in [5.41, 5.74) is 0. The van der Waals surface area contributed by atoms with E-state index in [9.17, 15) is 0 Å². The summed E-state index contributed by atoms with van der Waals surface area (Å²) in [6.07, 6.45) is 0. The third-order valence-electron chi connectivity index (χ3n) is 0. The molecular formula is Cu4IO3P. The molecule has 0 rings (SSSR count). The fourth-order valence-electron chi connectivity index (χ4n) is 0. The minimum atomic E-state index is -3.37. The Labute approximate surface area is 114 Å². The zero-order chi connectivity index (χ0) is 3.58. The third kappa shape index (κ3) is 95.1. The number of hydrogen-bond acceptors (Lipinski definition) is 3. The molecular weight excluding hydrogens is 460 g/mol. The van der Waals surface area contributed by atoms with Gasteiger partial charge in [-0.2, -0.15) is 0 Å². The predicted octanol–water partition coefficient (Wildman–Crippen LogP) is -5.71. The van der Waals surface area contributed by atoms with E-state index in [0.29, 0.717) is 0 Å². The molecule has 0 bridgehead atoms. The van der Waals surface area contributed by atoms with E-state index in [1.165, 1.54) is 0 Å². The molecule has 0 atom stereocenters. The summed E-state index contributed by atoms with van der Waals surface area (Å²) in [5, 5.41) is 0. The zero-order valence-electron chi connectivity index (χ0n) is 3.26. The maximum absolute atomic E-state index is 8.48.